The lowest BCUT2D eigenvalue weighted by atomic mass is 10.0. The Morgan fingerprint density at radius 1 is 0.978 bits per heavy atom. The number of piperazine rings is 1. The number of aromatic nitrogens is 2. The number of hydrogen-bond acceptors (Lipinski definition) is 9. The van der Waals surface area contributed by atoms with Crippen molar-refractivity contribution >= 4 is 40.6 Å². The molecule has 4 aliphatic heterocycles. The summed E-state index contributed by atoms with van der Waals surface area (Å²) in [4.78, 5) is 47.5. The molecule has 1 aromatic heterocycles. The number of para-hydroxylation sites is 1. The Kier molecular flexibility index (Phi) is 7.83. The predicted octanol–water partition coefficient (Wildman–Crippen LogP) is 4.06. The van der Waals surface area contributed by atoms with Crippen LogP contribution in [0.5, 0.6) is 5.75 Å². The van der Waals surface area contributed by atoms with Gasteiger partial charge in [-0.05, 0) is 70.0 Å². The number of likely N-dealkylation sites (tertiary alicyclic amines) is 1. The molecular formula is C34H42N8O3. The Bertz CT molecular complexity index is 1630. The Labute approximate surface area is 264 Å². The Morgan fingerprint density at radius 2 is 1.76 bits per heavy atom. The smallest absolute Gasteiger partial charge is 0.260 e. The Morgan fingerprint density at radius 3 is 2.51 bits per heavy atom. The number of likely N-dealkylation sites (N-methyl/N-ethyl adjacent to an activating group) is 1. The molecule has 11 heteroatoms. The van der Waals surface area contributed by atoms with E-state index in [9.17, 15) is 9.59 Å². The van der Waals surface area contributed by atoms with Gasteiger partial charge in [-0.3, -0.25) is 14.5 Å². The molecule has 0 bridgehead atoms. The van der Waals surface area contributed by atoms with Crippen molar-refractivity contribution in [3.63, 3.8) is 0 Å². The van der Waals surface area contributed by atoms with Crippen LogP contribution in [0.15, 0.2) is 36.4 Å². The van der Waals surface area contributed by atoms with Gasteiger partial charge in [-0.2, -0.15) is 4.98 Å². The number of rotatable bonds is 6. The molecule has 0 saturated carbocycles. The van der Waals surface area contributed by atoms with Crippen molar-refractivity contribution in [2.75, 3.05) is 81.6 Å². The van der Waals surface area contributed by atoms with Gasteiger partial charge in [0.1, 0.15) is 11.4 Å². The highest BCUT2D eigenvalue weighted by Crippen LogP contribution is 2.45. The molecule has 0 unspecified atom stereocenters. The van der Waals surface area contributed by atoms with E-state index in [1.165, 1.54) is 0 Å². The third-order valence-corrected chi connectivity index (χ3v) is 9.74. The summed E-state index contributed by atoms with van der Waals surface area (Å²) in [5.74, 6) is 1.66. The highest BCUT2D eigenvalue weighted by molar-refractivity contribution is 6.14. The van der Waals surface area contributed by atoms with Crippen LogP contribution < -0.4 is 19.9 Å². The molecular weight excluding hydrogens is 568 g/mol. The number of carbonyl (C=O) groups excluding carboxylic acids is 2. The quantitative estimate of drug-likeness (QED) is 0.443. The van der Waals surface area contributed by atoms with E-state index in [0.717, 1.165) is 76.3 Å². The highest BCUT2D eigenvalue weighted by Gasteiger charge is 2.36. The van der Waals surface area contributed by atoms with Crippen molar-refractivity contribution < 1.29 is 14.3 Å². The molecule has 1 N–H and O–H groups in total. The van der Waals surface area contributed by atoms with Crippen molar-refractivity contribution in [1.29, 1.82) is 0 Å². The predicted molar refractivity (Wildman–Crippen MR) is 176 cm³/mol. The van der Waals surface area contributed by atoms with Gasteiger partial charge in [0.25, 0.3) is 11.8 Å². The molecule has 0 aliphatic carbocycles. The molecule has 2 amide bonds. The van der Waals surface area contributed by atoms with Crippen LogP contribution in [0.4, 0.5) is 28.8 Å². The first-order valence-electron chi connectivity index (χ1n) is 16.1. The van der Waals surface area contributed by atoms with Gasteiger partial charge >= 0.3 is 0 Å². The van der Waals surface area contributed by atoms with Crippen LogP contribution in [0.25, 0.3) is 0 Å². The van der Waals surface area contributed by atoms with E-state index < -0.39 is 0 Å². The minimum Gasteiger partial charge on any atom is -0.492 e. The number of benzene rings is 2. The topological polar surface area (TPSA) is 97.4 Å². The second-order valence-corrected chi connectivity index (χ2v) is 12.5. The summed E-state index contributed by atoms with van der Waals surface area (Å²) in [6, 6.07) is 12.0. The third-order valence-electron chi connectivity index (χ3n) is 9.74. The molecule has 2 fully saturated rings. The normalized spacial score (nSPS) is 18.9. The molecule has 0 spiro atoms. The molecule has 11 nitrogen and oxygen atoms in total. The number of amides is 2. The number of ether oxygens (including phenoxy) is 1. The fourth-order valence-electron chi connectivity index (χ4n) is 7.27. The SMILES string of the molecule is CCOc1cc(C(=O)N2CCC(N3CCN(C)CC3)CC2)ccc1Nc1nc(C)c2c(n1)N1CCc3cccc(c31)C(=O)N2C. The number of nitrogens with zero attached hydrogens (tertiary/aromatic N) is 7. The molecule has 45 heavy (non-hydrogen) atoms. The minimum atomic E-state index is -0.0626. The molecule has 2 aromatic carbocycles. The maximum absolute atomic E-state index is 13.6. The van der Waals surface area contributed by atoms with Crippen LogP contribution in [0.1, 0.15) is 51.7 Å². The average Bonchev–Trinajstić information content (AvgIpc) is 3.46. The van der Waals surface area contributed by atoms with E-state index in [1.807, 2.05) is 49.1 Å². The summed E-state index contributed by atoms with van der Waals surface area (Å²) < 4.78 is 6.02. The number of nitrogens with one attached hydrogen (secondary N) is 1. The highest BCUT2D eigenvalue weighted by atomic mass is 16.5. The summed E-state index contributed by atoms with van der Waals surface area (Å²) in [6.07, 6.45) is 2.86. The van der Waals surface area contributed by atoms with E-state index in [4.69, 9.17) is 14.7 Å². The molecule has 0 atom stereocenters. The number of carbonyl (C=O) groups is 2. The first-order chi connectivity index (χ1) is 21.8. The lowest BCUT2D eigenvalue weighted by Gasteiger charge is -2.42. The van der Waals surface area contributed by atoms with Gasteiger partial charge in [0.15, 0.2) is 5.82 Å². The Hall–Kier alpha value is -4.22. The maximum atomic E-state index is 13.6. The molecule has 236 valence electrons. The molecule has 4 aliphatic rings. The maximum Gasteiger partial charge on any atom is 0.260 e. The minimum absolute atomic E-state index is 0.0349. The van der Waals surface area contributed by atoms with E-state index >= 15 is 0 Å². The van der Waals surface area contributed by atoms with Gasteiger partial charge in [0.2, 0.25) is 5.95 Å². The summed E-state index contributed by atoms with van der Waals surface area (Å²) >= 11 is 0. The van der Waals surface area contributed by atoms with Crippen molar-refractivity contribution in [3.05, 3.63) is 58.8 Å². The van der Waals surface area contributed by atoms with E-state index in [1.54, 1.807) is 11.9 Å². The number of piperidine rings is 1. The van der Waals surface area contributed by atoms with E-state index in [2.05, 4.69) is 33.1 Å². The molecule has 0 radical (unpaired) electrons. The number of hydrogen-bond donors (Lipinski definition) is 1. The van der Waals surface area contributed by atoms with Gasteiger partial charge < -0.3 is 29.7 Å². The van der Waals surface area contributed by atoms with Gasteiger partial charge in [-0.1, -0.05) is 12.1 Å². The van der Waals surface area contributed by atoms with Crippen molar-refractivity contribution in [3.8, 4) is 5.75 Å². The number of fused-ring (bicyclic) bond motifs is 2. The zero-order valence-electron chi connectivity index (χ0n) is 26.7. The van der Waals surface area contributed by atoms with Gasteiger partial charge in [-0.15, -0.1) is 0 Å². The van der Waals surface area contributed by atoms with Crippen LogP contribution in [0.3, 0.4) is 0 Å². The largest absolute Gasteiger partial charge is 0.492 e. The first kappa shape index (κ1) is 29.5. The zero-order valence-corrected chi connectivity index (χ0v) is 26.7. The number of aryl methyl sites for hydroxylation is 1. The van der Waals surface area contributed by atoms with Crippen LogP contribution in [-0.4, -0.2) is 109 Å². The van der Waals surface area contributed by atoms with Crippen LogP contribution in [0.2, 0.25) is 0 Å². The lowest BCUT2D eigenvalue weighted by Crippen LogP contribution is -2.52. The lowest BCUT2D eigenvalue weighted by molar-refractivity contribution is 0.0518. The average molecular weight is 611 g/mol. The number of anilines is 5. The van der Waals surface area contributed by atoms with Crippen molar-refractivity contribution in [1.82, 2.24) is 24.7 Å². The van der Waals surface area contributed by atoms with Crippen LogP contribution in [-0.2, 0) is 6.42 Å². The zero-order chi connectivity index (χ0) is 31.2. The van der Waals surface area contributed by atoms with Crippen molar-refractivity contribution in [2.45, 2.75) is 39.2 Å². The molecule has 5 heterocycles. The second-order valence-electron chi connectivity index (χ2n) is 12.5. The summed E-state index contributed by atoms with van der Waals surface area (Å²) in [5.41, 5.74) is 5.46. The fraction of sp³-hybridized carbons (Fsp3) is 0.471. The van der Waals surface area contributed by atoms with E-state index in [-0.39, 0.29) is 11.8 Å². The molecule has 2 saturated heterocycles. The van der Waals surface area contributed by atoms with Crippen LogP contribution >= 0.6 is 0 Å². The third kappa shape index (κ3) is 5.37. The van der Waals surface area contributed by atoms with Crippen LogP contribution in [0, 0.1) is 6.92 Å². The first-order valence-corrected chi connectivity index (χ1v) is 16.1. The van der Waals surface area contributed by atoms with Gasteiger partial charge in [0, 0.05) is 64.5 Å². The molecule has 3 aromatic rings. The van der Waals surface area contributed by atoms with Gasteiger partial charge in [0.05, 0.1) is 29.2 Å². The summed E-state index contributed by atoms with van der Waals surface area (Å²) in [6.45, 7) is 11.0. The standard InChI is InChI=1S/C34H42N8O3/c1-5-45-28-21-24(32(43)41-14-12-25(13-15-41)40-19-17-38(3)18-20-40)9-10-27(28)36-34-35-22(2)29-31(37-34)42-16-11-23-7-6-8-26(30(23)42)33(44)39(29)4/h6-10,21,25H,5,11-20H2,1-4H3,(H,35,36,37). The summed E-state index contributed by atoms with van der Waals surface area (Å²) in [7, 11) is 3.96. The van der Waals surface area contributed by atoms with Crippen molar-refractivity contribution in [2.24, 2.45) is 0 Å². The fourth-order valence-corrected chi connectivity index (χ4v) is 7.27. The second kappa shape index (κ2) is 11.9. The molecule has 7 rings (SSSR count). The monoisotopic (exact) mass is 610 g/mol. The summed E-state index contributed by atoms with van der Waals surface area (Å²) in [5, 5.41) is 3.36. The van der Waals surface area contributed by atoms with E-state index in [0.29, 0.717) is 58.4 Å². The Balaban J connectivity index is 1.11. The van der Waals surface area contributed by atoms with Gasteiger partial charge in [-0.25, -0.2) is 4.98 Å².